The highest BCUT2D eigenvalue weighted by Crippen LogP contribution is 2.03. The molecule has 0 fully saturated rings. The molecule has 5 nitrogen and oxygen atoms in total. The first-order chi connectivity index (χ1) is 8.99. The molecule has 1 unspecified atom stereocenters. The number of benzene rings is 1. The lowest BCUT2D eigenvalue weighted by atomic mass is 10.1. The van der Waals surface area contributed by atoms with E-state index in [2.05, 4.69) is 10.6 Å². The van der Waals surface area contributed by atoms with E-state index in [1.165, 1.54) is 19.1 Å². The zero-order chi connectivity index (χ0) is 14.3. The number of carbonyl (C=O) groups excluding carboxylic acids is 1. The number of hydrogen-bond donors (Lipinski definition) is 3. The van der Waals surface area contributed by atoms with E-state index in [1.807, 2.05) is 0 Å². The lowest BCUT2D eigenvalue weighted by Gasteiger charge is -2.14. The Morgan fingerprint density at radius 3 is 2.74 bits per heavy atom. The monoisotopic (exact) mass is 268 g/mol. The number of aliphatic carboxylic acids is 1. The van der Waals surface area contributed by atoms with Crippen molar-refractivity contribution in [3.05, 3.63) is 35.6 Å². The molecule has 0 bridgehead atoms. The third-order valence-corrected chi connectivity index (χ3v) is 2.50. The minimum atomic E-state index is -1.09. The van der Waals surface area contributed by atoms with E-state index in [-0.39, 0.29) is 18.3 Å². The third kappa shape index (κ3) is 5.96. The van der Waals surface area contributed by atoms with Gasteiger partial charge in [-0.3, -0.25) is 4.79 Å². The van der Waals surface area contributed by atoms with Gasteiger partial charge in [-0.25, -0.2) is 9.18 Å². The van der Waals surface area contributed by atoms with Gasteiger partial charge in [-0.2, -0.15) is 0 Å². The molecule has 1 aromatic rings. The maximum absolute atomic E-state index is 12.9. The number of hydrogen-bond acceptors (Lipinski definition) is 3. The number of carboxylic acid groups (broad SMARTS) is 1. The smallest absolute Gasteiger partial charge is 0.327 e. The minimum Gasteiger partial charge on any atom is -0.480 e. The molecule has 0 aliphatic rings. The normalized spacial score (nSPS) is 11.9. The molecule has 6 heteroatoms. The molecule has 0 heterocycles. The molecule has 0 aliphatic heterocycles. The lowest BCUT2D eigenvalue weighted by Crippen LogP contribution is -2.46. The number of carbonyl (C=O) groups is 2. The third-order valence-electron chi connectivity index (χ3n) is 2.50. The number of rotatable bonds is 7. The fraction of sp³-hybridized carbons (Fsp3) is 0.385. The predicted molar refractivity (Wildman–Crippen MR) is 68.2 cm³/mol. The molecule has 3 N–H and O–H groups in total. The molecule has 0 radical (unpaired) electrons. The molecule has 0 saturated carbocycles. The molecule has 0 spiro atoms. The summed E-state index contributed by atoms with van der Waals surface area (Å²) in [4.78, 5) is 21.6. The summed E-state index contributed by atoms with van der Waals surface area (Å²) in [6, 6.07) is 5.28. The van der Waals surface area contributed by atoms with Gasteiger partial charge in [-0.05, 0) is 30.7 Å². The van der Waals surface area contributed by atoms with Gasteiger partial charge in [0.1, 0.15) is 11.9 Å². The van der Waals surface area contributed by atoms with Crippen LogP contribution in [0.2, 0.25) is 0 Å². The van der Waals surface area contributed by atoms with E-state index in [0.717, 1.165) is 5.56 Å². The molecule has 19 heavy (non-hydrogen) atoms. The first-order valence-corrected chi connectivity index (χ1v) is 5.94. The Labute approximate surface area is 110 Å². The molecule has 104 valence electrons. The summed E-state index contributed by atoms with van der Waals surface area (Å²) in [6.07, 6.45) is 0.587. The highest BCUT2D eigenvalue weighted by atomic mass is 19.1. The Morgan fingerprint density at radius 2 is 2.16 bits per heavy atom. The van der Waals surface area contributed by atoms with E-state index in [1.54, 1.807) is 12.1 Å². The maximum atomic E-state index is 12.9. The molecule has 0 saturated heterocycles. The van der Waals surface area contributed by atoms with E-state index >= 15 is 0 Å². The summed E-state index contributed by atoms with van der Waals surface area (Å²) < 4.78 is 12.9. The number of amides is 1. The standard InChI is InChI=1S/C13H17FN2O3/c1-9(17)16-12(13(18)19)8-15-6-5-10-3-2-4-11(14)7-10/h2-4,7,12,15H,5-6,8H2,1H3,(H,16,17)(H,18,19). The van der Waals surface area contributed by atoms with Crippen molar-refractivity contribution < 1.29 is 19.1 Å². The average Bonchev–Trinajstić information content (AvgIpc) is 2.32. The van der Waals surface area contributed by atoms with E-state index < -0.39 is 12.0 Å². The van der Waals surface area contributed by atoms with E-state index in [9.17, 15) is 14.0 Å². The van der Waals surface area contributed by atoms with Crippen LogP contribution in [0.5, 0.6) is 0 Å². The number of carboxylic acids is 1. The van der Waals surface area contributed by atoms with Crippen molar-refractivity contribution >= 4 is 11.9 Å². The van der Waals surface area contributed by atoms with Gasteiger partial charge in [-0.15, -0.1) is 0 Å². The Hall–Kier alpha value is -1.95. The first kappa shape index (κ1) is 15.1. The van der Waals surface area contributed by atoms with Crippen LogP contribution in [0.25, 0.3) is 0 Å². The summed E-state index contributed by atoms with van der Waals surface area (Å²) in [5.74, 6) is -1.77. The Bertz CT molecular complexity index is 451. The molecule has 1 aromatic carbocycles. The molecule has 1 amide bonds. The van der Waals surface area contributed by atoms with Gasteiger partial charge in [0.15, 0.2) is 0 Å². The topological polar surface area (TPSA) is 78.4 Å². The van der Waals surface area contributed by atoms with Crippen LogP contribution in [-0.4, -0.2) is 36.1 Å². The fourth-order valence-electron chi connectivity index (χ4n) is 1.62. The Morgan fingerprint density at radius 1 is 1.42 bits per heavy atom. The minimum absolute atomic E-state index is 0.129. The van der Waals surface area contributed by atoms with Crippen LogP contribution in [0.4, 0.5) is 4.39 Å². The quantitative estimate of drug-likeness (QED) is 0.631. The second kappa shape index (κ2) is 7.48. The van der Waals surface area contributed by atoms with Gasteiger partial charge in [-0.1, -0.05) is 12.1 Å². The van der Waals surface area contributed by atoms with Crippen molar-refractivity contribution in [3.63, 3.8) is 0 Å². The summed E-state index contributed by atoms with van der Waals surface area (Å²) in [7, 11) is 0. The summed E-state index contributed by atoms with van der Waals surface area (Å²) in [6.45, 7) is 1.90. The average molecular weight is 268 g/mol. The second-order valence-corrected chi connectivity index (χ2v) is 4.18. The van der Waals surface area contributed by atoms with Crippen molar-refractivity contribution in [1.29, 1.82) is 0 Å². The molecular weight excluding hydrogens is 251 g/mol. The van der Waals surface area contributed by atoms with Gasteiger partial charge in [0.25, 0.3) is 0 Å². The number of halogens is 1. The summed E-state index contributed by atoms with van der Waals surface area (Å²) in [5.41, 5.74) is 0.832. The van der Waals surface area contributed by atoms with Crippen LogP contribution in [-0.2, 0) is 16.0 Å². The van der Waals surface area contributed by atoms with Crippen LogP contribution >= 0.6 is 0 Å². The van der Waals surface area contributed by atoms with E-state index in [0.29, 0.717) is 13.0 Å². The molecule has 0 aliphatic carbocycles. The summed E-state index contributed by atoms with van der Waals surface area (Å²) >= 11 is 0. The maximum Gasteiger partial charge on any atom is 0.327 e. The zero-order valence-electron chi connectivity index (χ0n) is 10.6. The highest BCUT2D eigenvalue weighted by molar-refractivity contribution is 5.82. The van der Waals surface area contributed by atoms with Crippen molar-refractivity contribution in [2.75, 3.05) is 13.1 Å². The molecule has 0 aromatic heterocycles. The fourth-order valence-corrected chi connectivity index (χ4v) is 1.62. The molecular formula is C13H17FN2O3. The predicted octanol–water partition coefficient (Wildman–Crippen LogP) is 0.547. The SMILES string of the molecule is CC(=O)NC(CNCCc1cccc(F)c1)C(=O)O. The van der Waals surface area contributed by atoms with Crippen molar-refractivity contribution in [2.45, 2.75) is 19.4 Å². The van der Waals surface area contributed by atoms with Gasteiger partial charge in [0, 0.05) is 13.5 Å². The van der Waals surface area contributed by atoms with Gasteiger partial charge >= 0.3 is 5.97 Å². The van der Waals surface area contributed by atoms with E-state index in [4.69, 9.17) is 5.11 Å². The van der Waals surface area contributed by atoms with Crippen molar-refractivity contribution in [2.24, 2.45) is 0 Å². The van der Waals surface area contributed by atoms with Crippen LogP contribution < -0.4 is 10.6 Å². The number of nitrogens with one attached hydrogen (secondary N) is 2. The first-order valence-electron chi connectivity index (χ1n) is 5.94. The highest BCUT2D eigenvalue weighted by Gasteiger charge is 2.17. The second-order valence-electron chi connectivity index (χ2n) is 4.18. The largest absolute Gasteiger partial charge is 0.480 e. The molecule has 1 atom stereocenters. The summed E-state index contributed by atoms with van der Waals surface area (Å²) in [5, 5.41) is 14.1. The van der Waals surface area contributed by atoms with Crippen LogP contribution in [0, 0.1) is 5.82 Å². The van der Waals surface area contributed by atoms with Gasteiger partial charge in [0.2, 0.25) is 5.91 Å². The van der Waals surface area contributed by atoms with Gasteiger partial charge < -0.3 is 15.7 Å². The van der Waals surface area contributed by atoms with Crippen molar-refractivity contribution in [1.82, 2.24) is 10.6 Å². The van der Waals surface area contributed by atoms with Crippen molar-refractivity contribution in [3.8, 4) is 0 Å². The Kier molecular flexibility index (Phi) is 5.95. The van der Waals surface area contributed by atoms with Crippen LogP contribution in [0.15, 0.2) is 24.3 Å². The van der Waals surface area contributed by atoms with Crippen LogP contribution in [0.3, 0.4) is 0 Å². The van der Waals surface area contributed by atoms with Gasteiger partial charge in [0.05, 0.1) is 0 Å². The molecule has 1 rings (SSSR count). The Balaban J connectivity index is 2.32. The zero-order valence-corrected chi connectivity index (χ0v) is 10.6. The van der Waals surface area contributed by atoms with Crippen LogP contribution in [0.1, 0.15) is 12.5 Å². The lowest BCUT2D eigenvalue weighted by molar-refractivity contribution is -0.141.